The molecule has 0 saturated heterocycles. The van der Waals surface area contributed by atoms with E-state index in [1.807, 2.05) is 117 Å². The lowest BCUT2D eigenvalue weighted by atomic mass is 9.94. The van der Waals surface area contributed by atoms with Crippen molar-refractivity contribution in [3.63, 3.8) is 0 Å². The molecule has 39 heavy (non-hydrogen) atoms. The number of nitrogens with zero attached hydrogens (tertiary/aromatic N) is 4. The number of anilines is 3. The highest BCUT2D eigenvalue weighted by atomic mass is 32.1. The first kappa shape index (κ1) is 26.2. The summed E-state index contributed by atoms with van der Waals surface area (Å²) in [7, 11) is 7.78. The molecule has 0 aliphatic carbocycles. The van der Waals surface area contributed by atoms with Gasteiger partial charge in [-0.1, -0.05) is 42.5 Å². The quantitative estimate of drug-likeness (QED) is 0.290. The fourth-order valence-corrected chi connectivity index (χ4v) is 5.74. The number of carbonyl (C=O) groups excluding carboxylic acids is 2. The van der Waals surface area contributed by atoms with Crippen molar-refractivity contribution in [2.24, 2.45) is 0 Å². The summed E-state index contributed by atoms with van der Waals surface area (Å²) < 4.78 is 0. The highest BCUT2D eigenvalue weighted by Crippen LogP contribution is 2.43. The number of rotatable bonds is 7. The van der Waals surface area contributed by atoms with Crippen LogP contribution in [0.3, 0.4) is 0 Å². The average molecular weight is 539 g/mol. The van der Waals surface area contributed by atoms with Gasteiger partial charge in [-0.05, 0) is 48.9 Å². The highest BCUT2D eigenvalue weighted by Gasteiger charge is 2.45. The summed E-state index contributed by atoms with van der Waals surface area (Å²) in [5.74, 6) is -1.54. The lowest BCUT2D eigenvalue weighted by Crippen LogP contribution is -2.31. The molecular weight excluding hydrogens is 508 g/mol. The molecule has 1 atom stereocenters. The van der Waals surface area contributed by atoms with Gasteiger partial charge in [0.25, 0.3) is 5.91 Å². The Morgan fingerprint density at radius 3 is 2.00 bits per heavy atom. The minimum atomic E-state index is -0.798. The fraction of sp³-hybridized carbons (Fsp3) is 0.194. The Morgan fingerprint density at radius 1 is 0.872 bits per heavy atom. The van der Waals surface area contributed by atoms with Crippen LogP contribution in [0.4, 0.5) is 17.1 Å². The summed E-state index contributed by atoms with van der Waals surface area (Å²) in [6.45, 7) is 1.78. The molecule has 7 nitrogen and oxygen atoms in total. The SMILES string of the molecule is Cc1nc(-c2ccccc2)sc1C(=O)C1=C(O)C(=O)N(c2ccc(N(C)C)cc2)C1c1ccc(N(C)C)cc1. The van der Waals surface area contributed by atoms with Crippen LogP contribution in [0.1, 0.15) is 27.0 Å². The summed E-state index contributed by atoms with van der Waals surface area (Å²) in [6, 6.07) is 24.0. The van der Waals surface area contributed by atoms with Crippen LogP contribution in [-0.4, -0.2) is 50.0 Å². The van der Waals surface area contributed by atoms with Crippen molar-refractivity contribution < 1.29 is 14.7 Å². The largest absolute Gasteiger partial charge is 0.503 e. The molecule has 5 rings (SSSR count). The van der Waals surface area contributed by atoms with E-state index >= 15 is 0 Å². The number of carbonyl (C=O) groups is 2. The molecule has 8 heteroatoms. The highest BCUT2D eigenvalue weighted by molar-refractivity contribution is 7.17. The molecule has 3 aromatic carbocycles. The lowest BCUT2D eigenvalue weighted by Gasteiger charge is -2.28. The topological polar surface area (TPSA) is 77.0 Å². The molecule has 1 unspecified atom stereocenters. The van der Waals surface area contributed by atoms with Crippen molar-refractivity contribution in [2.45, 2.75) is 13.0 Å². The van der Waals surface area contributed by atoms with Crippen molar-refractivity contribution in [3.8, 4) is 10.6 Å². The van der Waals surface area contributed by atoms with Gasteiger partial charge in [-0.25, -0.2) is 4.98 Å². The predicted octanol–water partition coefficient (Wildman–Crippen LogP) is 6.03. The Balaban J connectivity index is 1.61. The molecule has 0 bridgehead atoms. The van der Waals surface area contributed by atoms with E-state index in [1.165, 1.54) is 16.2 Å². The second kappa shape index (κ2) is 10.4. The number of ketones is 1. The molecule has 1 aliphatic heterocycles. The Bertz CT molecular complexity index is 1560. The number of amides is 1. The molecule has 0 saturated carbocycles. The third kappa shape index (κ3) is 4.79. The van der Waals surface area contributed by atoms with Gasteiger partial charge >= 0.3 is 0 Å². The van der Waals surface area contributed by atoms with Crippen LogP contribution >= 0.6 is 11.3 Å². The molecule has 1 aromatic heterocycles. The summed E-state index contributed by atoms with van der Waals surface area (Å²) in [5, 5.41) is 11.9. The third-order valence-corrected chi connectivity index (χ3v) is 8.05. The summed E-state index contributed by atoms with van der Waals surface area (Å²) in [5.41, 5.74) is 4.80. The van der Waals surface area contributed by atoms with Crippen LogP contribution in [0.2, 0.25) is 0 Å². The Hall–Kier alpha value is -4.43. The van der Waals surface area contributed by atoms with E-state index in [1.54, 1.807) is 6.92 Å². The van der Waals surface area contributed by atoms with Gasteiger partial charge in [0.1, 0.15) is 5.01 Å². The fourth-order valence-electron chi connectivity index (χ4n) is 4.72. The first-order chi connectivity index (χ1) is 18.7. The lowest BCUT2D eigenvalue weighted by molar-refractivity contribution is -0.117. The number of aromatic nitrogens is 1. The van der Waals surface area contributed by atoms with Gasteiger partial charge in [0.2, 0.25) is 5.78 Å². The third-order valence-electron chi connectivity index (χ3n) is 6.85. The van der Waals surface area contributed by atoms with E-state index in [9.17, 15) is 14.7 Å². The van der Waals surface area contributed by atoms with Gasteiger partial charge in [-0.3, -0.25) is 14.5 Å². The predicted molar refractivity (Wildman–Crippen MR) is 158 cm³/mol. The Labute approximate surface area is 232 Å². The first-order valence-corrected chi connectivity index (χ1v) is 13.4. The van der Waals surface area contributed by atoms with Gasteiger partial charge in [0.05, 0.1) is 22.2 Å². The number of benzene rings is 3. The molecule has 1 N–H and O–H groups in total. The van der Waals surface area contributed by atoms with E-state index in [2.05, 4.69) is 4.98 Å². The first-order valence-electron chi connectivity index (χ1n) is 12.6. The molecule has 2 heterocycles. The van der Waals surface area contributed by atoms with Crippen LogP contribution in [-0.2, 0) is 4.79 Å². The van der Waals surface area contributed by atoms with Crippen molar-refractivity contribution >= 4 is 40.1 Å². The molecule has 0 radical (unpaired) electrons. The summed E-state index contributed by atoms with van der Waals surface area (Å²) in [6.07, 6.45) is 0. The smallest absolute Gasteiger partial charge is 0.294 e. The number of Topliss-reactive ketones (excluding diaryl/α,β-unsaturated/α-hetero) is 1. The molecule has 4 aromatic rings. The van der Waals surface area contributed by atoms with Gasteiger partial charge in [0, 0.05) is 50.8 Å². The number of thiazole rings is 1. The minimum absolute atomic E-state index is 0.0562. The monoisotopic (exact) mass is 538 g/mol. The van der Waals surface area contributed by atoms with Crippen LogP contribution in [0.25, 0.3) is 10.6 Å². The van der Waals surface area contributed by atoms with Crippen LogP contribution in [0.5, 0.6) is 0 Å². The second-order valence-electron chi connectivity index (χ2n) is 9.87. The molecule has 1 amide bonds. The summed E-state index contributed by atoms with van der Waals surface area (Å²) >= 11 is 1.27. The number of aliphatic hydroxyl groups is 1. The maximum absolute atomic E-state index is 14.1. The zero-order chi connectivity index (χ0) is 27.8. The van der Waals surface area contributed by atoms with Crippen molar-refractivity contribution in [1.29, 1.82) is 0 Å². The summed E-state index contributed by atoms with van der Waals surface area (Å²) in [4.78, 5) is 38.2. The zero-order valence-corrected chi connectivity index (χ0v) is 23.4. The van der Waals surface area contributed by atoms with Crippen LogP contribution < -0.4 is 14.7 Å². The Morgan fingerprint density at radius 2 is 1.44 bits per heavy atom. The number of aryl methyl sites for hydroxylation is 1. The maximum Gasteiger partial charge on any atom is 0.294 e. The van der Waals surface area contributed by atoms with Crippen molar-refractivity contribution in [1.82, 2.24) is 4.98 Å². The Kier molecular flexibility index (Phi) is 6.97. The maximum atomic E-state index is 14.1. The average Bonchev–Trinajstić information content (AvgIpc) is 3.46. The molecule has 198 valence electrons. The standard InChI is InChI=1S/C31H30N4O3S/c1-19-29(39-30(32-19)21-9-7-6-8-10-21)27(36)25-26(20-11-13-22(14-12-20)33(2)3)35(31(38)28(25)37)24-17-15-23(16-18-24)34(4)5/h6-18,26,37H,1-5H3. The van der Waals surface area contributed by atoms with E-state index < -0.39 is 23.5 Å². The second-order valence-corrected chi connectivity index (χ2v) is 10.9. The van der Waals surface area contributed by atoms with Crippen LogP contribution in [0.15, 0.2) is 90.2 Å². The molecule has 1 aliphatic rings. The van der Waals surface area contributed by atoms with E-state index in [4.69, 9.17) is 0 Å². The van der Waals surface area contributed by atoms with E-state index in [0.29, 0.717) is 21.3 Å². The normalized spacial score (nSPS) is 15.2. The molecule has 0 fully saturated rings. The number of hydrogen-bond donors (Lipinski definition) is 1. The van der Waals surface area contributed by atoms with Gasteiger partial charge in [-0.2, -0.15) is 0 Å². The number of aliphatic hydroxyl groups excluding tert-OH is 1. The minimum Gasteiger partial charge on any atom is -0.503 e. The van der Waals surface area contributed by atoms with E-state index in [-0.39, 0.29) is 5.57 Å². The van der Waals surface area contributed by atoms with Crippen LogP contribution in [0, 0.1) is 6.92 Å². The zero-order valence-electron chi connectivity index (χ0n) is 22.5. The van der Waals surface area contributed by atoms with Crippen molar-refractivity contribution in [2.75, 3.05) is 42.9 Å². The van der Waals surface area contributed by atoms with Crippen molar-refractivity contribution in [3.05, 3.63) is 106 Å². The molecular formula is C31H30N4O3S. The van der Waals surface area contributed by atoms with E-state index in [0.717, 1.165) is 22.5 Å². The number of hydrogen-bond acceptors (Lipinski definition) is 7. The molecule has 0 spiro atoms. The van der Waals surface area contributed by atoms with Gasteiger partial charge < -0.3 is 14.9 Å². The van der Waals surface area contributed by atoms with Gasteiger partial charge in [0.15, 0.2) is 5.76 Å². The van der Waals surface area contributed by atoms with Gasteiger partial charge in [-0.15, -0.1) is 11.3 Å².